The highest BCUT2D eigenvalue weighted by Gasteiger charge is 2.30. The number of benzene rings is 2. The Morgan fingerprint density at radius 3 is 2.18 bits per heavy atom. The lowest BCUT2D eigenvalue weighted by atomic mass is 9.84. The highest BCUT2D eigenvalue weighted by molar-refractivity contribution is 6.36. The van der Waals surface area contributed by atoms with Gasteiger partial charge in [0.25, 0.3) is 11.8 Å². The zero-order chi connectivity index (χ0) is 45.0. The number of anilines is 1. The van der Waals surface area contributed by atoms with E-state index in [0.29, 0.717) is 22.5 Å². The van der Waals surface area contributed by atoms with Crippen LogP contribution in [0.25, 0.3) is 22.4 Å². The summed E-state index contributed by atoms with van der Waals surface area (Å²) in [6.45, 7) is 20.1. The minimum absolute atomic E-state index is 0.0178. The van der Waals surface area contributed by atoms with Crippen molar-refractivity contribution in [3.05, 3.63) is 75.8 Å². The molecular weight excluding hydrogens is 774 g/mol. The highest BCUT2D eigenvalue weighted by Crippen LogP contribution is 2.43. The topological polar surface area (TPSA) is 145 Å². The Morgan fingerprint density at radius 1 is 0.983 bits per heavy atom. The molecule has 0 spiro atoms. The molecule has 3 atom stereocenters. The molecule has 10 nitrogen and oxygen atoms in total. The smallest absolute Gasteiger partial charge is 0.260 e. The van der Waals surface area contributed by atoms with E-state index in [1.165, 1.54) is 37.1 Å². The Labute approximate surface area is 366 Å². The number of carbonyl (C=O) groups is 3. The summed E-state index contributed by atoms with van der Waals surface area (Å²) >= 11 is 6.99. The molecular formula is C49H74ClN5O5. The summed E-state index contributed by atoms with van der Waals surface area (Å²) in [4.78, 5) is 41.9. The van der Waals surface area contributed by atoms with Crippen LogP contribution in [0.3, 0.4) is 0 Å². The molecule has 0 bridgehead atoms. The number of ether oxygens (including phenoxy) is 2. The van der Waals surface area contributed by atoms with Crippen LogP contribution in [0.4, 0.5) is 5.69 Å². The largest absolute Gasteiger partial charge is 0.481 e. The number of aromatic nitrogens is 1. The summed E-state index contributed by atoms with van der Waals surface area (Å²) in [5.74, 6) is 1.14. The van der Waals surface area contributed by atoms with Crippen LogP contribution < -0.4 is 26.4 Å². The van der Waals surface area contributed by atoms with Crippen LogP contribution in [0.2, 0.25) is 5.02 Å². The minimum atomic E-state index is -0.534. The molecule has 1 aliphatic carbocycles. The Balaban J connectivity index is 0.000000451. The van der Waals surface area contributed by atoms with E-state index in [1.54, 1.807) is 20.3 Å². The van der Waals surface area contributed by atoms with Crippen LogP contribution in [-0.2, 0) is 25.5 Å². The fraction of sp³-hybridized carbons (Fsp3) is 0.551. The molecule has 332 valence electrons. The van der Waals surface area contributed by atoms with Gasteiger partial charge in [-0.15, -0.1) is 0 Å². The number of nitrogens with one attached hydrogen (secondary N) is 3. The van der Waals surface area contributed by atoms with Crippen molar-refractivity contribution in [2.24, 2.45) is 17.6 Å². The number of halogens is 1. The standard InChI is InChI=1S/C29H31ClN4O3.C16H33NO.C4H10O/c1-16-11-12-18-15-24(34-29(37-4)25(16)18)21-9-5-8-20(26(21)30)19-7-6-10-23(17(19)2)33-28(36)22(13-14-31)27(35)32-3;1-7-13(5)11-12-16(9-3,10-4)17-15(18)14(6)8-2;1-3-4-5-2/h5-10,13,15-16H,11-12,14,31H2,1-4H3,(H,32,35)(H,33,36);13-14H,7-12H2,1-6H3,(H,17,18);3-4H2,1-2H3/b22-13+;;. The summed E-state index contributed by atoms with van der Waals surface area (Å²) < 4.78 is 10.3. The zero-order valence-electron chi connectivity index (χ0n) is 38.6. The maximum Gasteiger partial charge on any atom is 0.260 e. The first-order valence-corrected chi connectivity index (χ1v) is 22.2. The molecule has 5 N–H and O–H groups in total. The molecule has 3 unspecified atom stereocenters. The molecule has 1 aromatic heterocycles. The van der Waals surface area contributed by atoms with Crippen LogP contribution >= 0.6 is 11.6 Å². The van der Waals surface area contributed by atoms with Gasteiger partial charge in [0.05, 0.1) is 17.8 Å². The number of fused-ring (bicyclic) bond motifs is 1. The number of hydrogen-bond acceptors (Lipinski definition) is 7. The molecule has 0 saturated heterocycles. The number of amides is 3. The van der Waals surface area contributed by atoms with Crippen LogP contribution in [0.15, 0.2) is 54.1 Å². The summed E-state index contributed by atoms with van der Waals surface area (Å²) in [6.07, 6.45) is 11.1. The van der Waals surface area contributed by atoms with Crippen LogP contribution in [0.5, 0.6) is 5.88 Å². The van der Waals surface area contributed by atoms with Gasteiger partial charge in [-0.25, -0.2) is 4.98 Å². The fourth-order valence-electron chi connectivity index (χ4n) is 7.20. The highest BCUT2D eigenvalue weighted by atomic mass is 35.5. The monoisotopic (exact) mass is 848 g/mol. The molecule has 3 amide bonds. The van der Waals surface area contributed by atoms with E-state index in [-0.39, 0.29) is 29.5 Å². The lowest BCUT2D eigenvalue weighted by Gasteiger charge is -2.35. The molecule has 2 aromatic carbocycles. The van der Waals surface area contributed by atoms with E-state index in [9.17, 15) is 14.4 Å². The van der Waals surface area contributed by atoms with Crippen molar-refractivity contribution in [1.82, 2.24) is 15.6 Å². The van der Waals surface area contributed by atoms with Crippen molar-refractivity contribution in [3.8, 4) is 28.3 Å². The first-order valence-electron chi connectivity index (χ1n) is 21.9. The second-order valence-electron chi connectivity index (χ2n) is 15.9. The van der Waals surface area contributed by atoms with Crippen molar-refractivity contribution in [3.63, 3.8) is 0 Å². The number of rotatable bonds is 18. The Hall–Kier alpha value is -4.25. The van der Waals surface area contributed by atoms with Gasteiger partial charge in [0.1, 0.15) is 5.57 Å². The van der Waals surface area contributed by atoms with E-state index >= 15 is 0 Å². The predicted molar refractivity (Wildman–Crippen MR) is 250 cm³/mol. The van der Waals surface area contributed by atoms with Crippen LogP contribution in [-0.4, -0.2) is 62.7 Å². The number of nitrogens with zero attached hydrogens (tertiary/aromatic N) is 1. The third kappa shape index (κ3) is 14.2. The number of likely N-dealkylation sites (N-methyl/N-ethyl adjacent to an activating group) is 1. The lowest BCUT2D eigenvalue weighted by molar-refractivity contribution is -0.127. The van der Waals surface area contributed by atoms with Crippen molar-refractivity contribution in [2.75, 3.05) is 39.7 Å². The number of methoxy groups -OCH3 is 2. The van der Waals surface area contributed by atoms with Crippen molar-refractivity contribution in [1.29, 1.82) is 0 Å². The Kier molecular flexibility index (Phi) is 22.6. The molecule has 4 rings (SSSR count). The molecule has 60 heavy (non-hydrogen) atoms. The van der Waals surface area contributed by atoms with E-state index in [4.69, 9.17) is 31.8 Å². The van der Waals surface area contributed by atoms with E-state index < -0.39 is 11.8 Å². The van der Waals surface area contributed by atoms with Gasteiger partial charge in [0.15, 0.2) is 0 Å². The van der Waals surface area contributed by atoms with Gasteiger partial charge in [-0.05, 0) is 98.9 Å². The van der Waals surface area contributed by atoms with Gasteiger partial charge in [-0.2, -0.15) is 0 Å². The van der Waals surface area contributed by atoms with Gasteiger partial charge in [-0.3, -0.25) is 14.4 Å². The molecule has 0 radical (unpaired) electrons. The van der Waals surface area contributed by atoms with Gasteiger partial charge >= 0.3 is 0 Å². The average Bonchev–Trinajstić information content (AvgIpc) is 3.64. The Morgan fingerprint density at radius 2 is 1.63 bits per heavy atom. The number of aryl methyl sites for hydroxylation is 1. The van der Waals surface area contributed by atoms with Gasteiger partial charge in [0.2, 0.25) is 11.8 Å². The Bertz CT molecular complexity index is 1870. The number of hydrogen-bond donors (Lipinski definition) is 4. The molecule has 0 fully saturated rings. The number of pyridine rings is 1. The van der Waals surface area contributed by atoms with Crippen LogP contribution in [0.1, 0.15) is 129 Å². The minimum Gasteiger partial charge on any atom is -0.481 e. The quantitative estimate of drug-likeness (QED) is 0.0567. The summed E-state index contributed by atoms with van der Waals surface area (Å²) in [5.41, 5.74) is 12.6. The fourth-order valence-corrected chi connectivity index (χ4v) is 7.53. The van der Waals surface area contributed by atoms with Gasteiger partial charge < -0.3 is 31.2 Å². The molecule has 1 aliphatic rings. The molecule has 0 saturated carbocycles. The van der Waals surface area contributed by atoms with E-state index in [2.05, 4.69) is 70.5 Å². The summed E-state index contributed by atoms with van der Waals surface area (Å²) in [6, 6.07) is 13.5. The molecule has 1 heterocycles. The van der Waals surface area contributed by atoms with Crippen molar-refractivity contribution < 1.29 is 23.9 Å². The molecule has 0 aliphatic heterocycles. The molecule has 11 heteroatoms. The maximum absolute atomic E-state index is 12.8. The van der Waals surface area contributed by atoms with Crippen LogP contribution in [0, 0.1) is 18.8 Å². The number of carbonyl (C=O) groups excluding carboxylic acids is 3. The lowest BCUT2D eigenvalue weighted by Crippen LogP contribution is -2.49. The predicted octanol–water partition coefficient (Wildman–Crippen LogP) is 10.6. The van der Waals surface area contributed by atoms with Gasteiger partial charge in [-0.1, -0.05) is 110 Å². The second kappa shape index (κ2) is 26.2. The van der Waals surface area contributed by atoms with Crippen molar-refractivity contribution >= 4 is 35.0 Å². The van der Waals surface area contributed by atoms with Crippen molar-refractivity contribution in [2.45, 2.75) is 132 Å². The first kappa shape index (κ1) is 51.9. The van der Waals surface area contributed by atoms with Gasteiger partial charge in [0, 0.05) is 61.1 Å². The summed E-state index contributed by atoms with van der Waals surface area (Å²) in [5, 5.41) is 9.19. The first-order chi connectivity index (χ1) is 28.7. The normalized spacial score (nSPS) is 14.4. The SMILES string of the molecule is CCC(C)CCC(CC)(CC)NC(=O)C(C)CC.CCCOC.CNC(=O)/C(=C\CN)C(=O)Nc1cccc(-c2cccc(-c3cc4c(c(OC)n3)C(C)CC4)c2Cl)c1C. The average molecular weight is 849 g/mol. The maximum atomic E-state index is 12.8. The third-order valence-corrected chi connectivity index (χ3v) is 12.3. The molecule has 3 aromatic rings. The van der Waals surface area contributed by atoms with E-state index in [1.807, 2.05) is 44.2 Å². The third-order valence-electron chi connectivity index (χ3n) is 11.9. The number of nitrogens with two attached hydrogens (primary N) is 1. The second-order valence-corrected chi connectivity index (χ2v) is 16.3. The summed E-state index contributed by atoms with van der Waals surface area (Å²) in [7, 11) is 4.83. The zero-order valence-corrected chi connectivity index (χ0v) is 39.3. The van der Waals surface area contributed by atoms with E-state index in [0.717, 1.165) is 85.4 Å².